The van der Waals surface area contributed by atoms with Crippen LogP contribution in [0.3, 0.4) is 0 Å². The van der Waals surface area contributed by atoms with Crippen molar-refractivity contribution < 1.29 is 25.0 Å². The van der Waals surface area contributed by atoms with Gasteiger partial charge in [0.1, 0.15) is 12.4 Å². The summed E-state index contributed by atoms with van der Waals surface area (Å²) in [5.74, 6) is 0.0898. The van der Waals surface area contributed by atoms with Crippen molar-refractivity contribution >= 4 is 5.91 Å². The molecule has 0 saturated carbocycles. The number of hydrogen-bond acceptors (Lipinski definition) is 5. The number of carbonyl (C=O) groups is 1. The highest BCUT2D eigenvalue weighted by Gasteiger charge is 2.07. The number of hydroxylamine groups is 1. The molecule has 0 aliphatic carbocycles. The van der Waals surface area contributed by atoms with Gasteiger partial charge in [0.25, 0.3) is 5.91 Å². The molecule has 1 atom stereocenters. The molecule has 21 heavy (non-hydrogen) atoms. The minimum absolute atomic E-state index is 0.0355. The maximum atomic E-state index is 10.7. The van der Waals surface area contributed by atoms with Crippen molar-refractivity contribution in [2.45, 2.75) is 25.4 Å². The SMILES string of the molecule is O=C(/C=C/CCC[C@H](O)c1ccc(OCCO)cc1)NO. The highest BCUT2D eigenvalue weighted by atomic mass is 16.5. The lowest BCUT2D eigenvalue weighted by Gasteiger charge is -2.11. The Morgan fingerprint density at radius 1 is 1.33 bits per heavy atom. The van der Waals surface area contributed by atoms with E-state index in [1.54, 1.807) is 30.3 Å². The van der Waals surface area contributed by atoms with E-state index in [2.05, 4.69) is 0 Å². The van der Waals surface area contributed by atoms with E-state index < -0.39 is 12.0 Å². The predicted molar refractivity (Wildman–Crippen MR) is 76.9 cm³/mol. The van der Waals surface area contributed by atoms with Gasteiger partial charge in [0.05, 0.1) is 12.7 Å². The Labute approximate surface area is 123 Å². The van der Waals surface area contributed by atoms with E-state index in [0.29, 0.717) is 18.6 Å². The van der Waals surface area contributed by atoms with Crippen LogP contribution < -0.4 is 10.2 Å². The van der Waals surface area contributed by atoms with Gasteiger partial charge >= 0.3 is 0 Å². The zero-order valence-electron chi connectivity index (χ0n) is 11.7. The van der Waals surface area contributed by atoms with Gasteiger partial charge in [-0.25, -0.2) is 5.48 Å². The molecule has 116 valence electrons. The standard InChI is InChI=1S/C15H21NO5/c17-10-11-21-13-8-6-12(7-9-13)14(18)4-2-1-3-5-15(19)16-20/h3,5-9,14,17-18,20H,1-2,4,10-11H2,(H,16,19)/b5-3+/t14-/m0/s1. The predicted octanol–water partition coefficient (Wildman–Crippen LogP) is 1.32. The Kier molecular flexibility index (Phi) is 8.11. The summed E-state index contributed by atoms with van der Waals surface area (Å²) >= 11 is 0. The first-order valence-corrected chi connectivity index (χ1v) is 6.79. The molecule has 0 heterocycles. The fourth-order valence-corrected chi connectivity index (χ4v) is 1.77. The zero-order chi connectivity index (χ0) is 15.5. The first kappa shape index (κ1) is 17.2. The van der Waals surface area contributed by atoms with Crippen LogP contribution in [0.5, 0.6) is 5.75 Å². The molecule has 1 amide bonds. The molecule has 1 aromatic carbocycles. The van der Waals surface area contributed by atoms with Gasteiger partial charge in [0.2, 0.25) is 0 Å². The van der Waals surface area contributed by atoms with Gasteiger partial charge in [0.15, 0.2) is 0 Å². The molecule has 0 unspecified atom stereocenters. The number of aliphatic hydroxyl groups is 2. The minimum atomic E-state index is -0.572. The van der Waals surface area contributed by atoms with Gasteiger partial charge in [-0.3, -0.25) is 10.0 Å². The maximum absolute atomic E-state index is 10.7. The van der Waals surface area contributed by atoms with Crippen LogP contribution in [-0.2, 0) is 4.79 Å². The smallest absolute Gasteiger partial charge is 0.267 e. The van der Waals surface area contributed by atoms with Crippen molar-refractivity contribution in [2.75, 3.05) is 13.2 Å². The largest absolute Gasteiger partial charge is 0.491 e. The third kappa shape index (κ3) is 6.89. The summed E-state index contributed by atoms with van der Waals surface area (Å²) in [6.45, 7) is 0.210. The van der Waals surface area contributed by atoms with Gasteiger partial charge in [0, 0.05) is 6.08 Å². The number of nitrogens with one attached hydrogen (secondary N) is 1. The summed E-state index contributed by atoms with van der Waals surface area (Å²) in [5, 5.41) is 27.0. The summed E-state index contributed by atoms with van der Waals surface area (Å²) in [6, 6.07) is 7.07. The second-order valence-electron chi connectivity index (χ2n) is 4.47. The molecule has 0 aliphatic rings. The molecular formula is C15H21NO5. The van der Waals surface area contributed by atoms with Crippen LogP contribution >= 0.6 is 0 Å². The second-order valence-corrected chi connectivity index (χ2v) is 4.47. The number of hydrogen-bond donors (Lipinski definition) is 4. The van der Waals surface area contributed by atoms with Crippen LogP contribution in [0.25, 0.3) is 0 Å². The Bertz CT molecular complexity index is 444. The maximum Gasteiger partial charge on any atom is 0.267 e. The van der Waals surface area contributed by atoms with E-state index in [9.17, 15) is 9.90 Å². The van der Waals surface area contributed by atoms with Gasteiger partial charge in [-0.15, -0.1) is 0 Å². The number of unbranched alkanes of at least 4 members (excludes halogenated alkanes) is 1. The van der Waals surface area contributed by atoms with Crippen LogP contribution in [-0.4, -0.2) is 34.5 Å². The molecule has 0 saturated heterocycles. The number of benzene rings is 1. The van der Waals surface area contributed by atoms with E-state index in [1.165, 1.54) is 11.6 Å². The zero-order valence-corrected chi connectivity index (χ0v) is 11.7. The first-order chi connectivity index (χ1) is 10.2. The number of rotatable bonds is 9. The minimum Gasteiger partial charge on any atom is -0.491 e. The summed E-state index contributed by atoms with van der Waals surface area (Å²) in [6.07, 6.45) is 4.25. The number of carbonyl (C=O) groups excluding carboxylic acids is 1. The fourth-order valence-electron chi connectivity index (χ4n) is 1.77. The van der Waals surface area contributed by atoms with Gasteiger partial charge in [-0.1, -0.05) is 18.2 Å². The van der Waals surface area contributed by atoms with Crippen LogP contribution in [0.4, 0.5) is 0 Å². The lowest BCUT2D eigenvalue weighted by atomic mass is 10.0. The van der Waals surface area contributed by atoms with Crippen LogP contribution in [0.1, 0.15) is 30.9 Å². The number of ether oxygens (including phenoxy) is 1. The first-order valence-electron chi connectivity index (χ1n) is 6.79. The van der Waals surface area contributed by atoms with E-state index in [4.69, 9.17) is 15.1 Å². The van der Waals surface area contributed by atoms with Crippen molar-refractivity contribution in [1.82, 2.24) is 5.48 Å². The molecule has 1 aromatic rings. The number of allylic oxidation sites excluding steroid dienone is 1. The highest BCUT2D eigenvalue weighted by Crippen LogP contribution is 2.22. The van der Waals surface area contributed by atoms with Crippen molar-refractivity contribution in [3.05, 3.63) is 42.0 Å². The Morgan fingerprint density at radius 2 is 2.05 bits per heavy atom. The summed E-state index contributed by atoms with van der Waals surface area (Å²) in [4.78, 5) is 10.7. The molecule has 1 rings (SSSR count). The Balaban J connectivity index is 2.33. The molecule has 0 radical (unpaired) electrons. The van der Waals surface area contributed by atoms with Crippen molar-refractivity contribution in [1.29, 1.82) is 0 Å². The van der Waals surface area contributed by atoms with E-state index in [1.807, 2.05) is 0 Å². The molecule has 0 aliphatic heterocycles. The molecule has 0 bridgehead atoms. The molecule has 4 N–H and O–H groups in total. The van der Waals surface area contributed by atoms with E-state index in [-0.39, 0.29) is 13.2 Å². The topological polar surface area (TPSA) is 99.0 Å². The summed E-state index contributed by atoms with van der Waals surface area (Å²) in [7, 11) is 0. The second kappa shape index (κ2) is 9.93. The fraction of sp³-hybridized carbons (Fsp3) is 0.400. The van der Waals surface area contributed by atoms with E-state index in [0.717, 1.165) is 12.0 Å². The average Bonchev–Trinajstić information content (AvgIpc) is 2.52. The average molecular weight is 295 g/mol. The van der Waals surface area contributed by atoms with Gasteiger partial charge < -0.3 is 14.9 Å². The normalized spacial score (nSPS) is 12.3. The third-order valence-corrected chi connectivity index (χ3v) is 2.85. The molecule has 0 fully saturated rings. The monoisotopic (exact) mass is 295 g/mol. The Morgan fingerprint density at radius 3 is 2.67 bits per heavy atom. The lowest BCUT2D eigenvalue weighted by Crippen LogP contribution is -2.14. The van der Waals surface area contributed by atoms with Crippen molar-refractivity contribution in [3.8, 4) is 5.75 Å². The number of aliphatic hydroxyl groups excluding tert-OH is 2. The van der Waals surface area contributed by atoms with Gasteiger partial charge in [-0.2, -0.15) is 0 Å². The highest BCUT2D eigenvalue weighted by molar-refractivity contribution is 5.86. The van der Waals surface area contributed by atoms with Crippen LogP contribution in [0.15, 0.2) is 36.4 Å². The van der Waals surface area contributed by atoms with Crippen molar-refractivity contribution in [3.63, 3.8) is 0 Å². The number of amides is 1. The van der Waals surface area contributed by atoms with Crippen LogP contribution in [0, 0.1) is 0 Å². The molecule has 0 spiro atoms. The molecule has 6 nitrogen and oxygen atoms in total. The molecule has 0 aromatic heterocycles. The van der Waals surface area contributed by atoms with Gasteiger partial charge in [-0.05, 0) is 37.0 Å². The quantitative estimate of drug-likeness (QED) is 0.238. The lowest BCUT2D eigenvalue weighted by molar-refractivity contribution is -0.124. The Hall–Kier alpha value is -1.89. The van der Waals surface area contributed by atoms with E-state index >= 15 is 0 Å². The molecular weight excluding hydrogens is 274 g/mol. The van der Waals surface area contributed by atoms with Crippen molar-refractivity contribution in [2.24, 2.45) is 0 Å². The summed E-state index contributed by atoms with van der Waals surface area (Å²) < 4.78 is 5.24. The third-order valence-electron chi connectivity index (χ3n) is 2.85. The summed E-state index contributed by atoms with van der Waals surface area (Å²) in [5.41, 5.74) is 2.30. The molecule has 6 heteroatoms. The van der Waals surface area contributed by atoms with Crippen LogP contribution in [0.2, 0.25) is 0 Å².